The van der Waals surface area contributed by atoms with Crippen molar-refractivity contribution in [3.63, 3.8) is 0 Å². The molecule has 0 atom stereocenters. The molecule has 0 N–H and O–H groups in total. The lowest BCUT2D eigenvalue weighted by atomic mass is 10.1. The minimum Gasteiger partial charge on any atom is -0.273 e. The van der Waals surface area contributed by atoms with Crippen molar-refractivity contribution in [3.05, 3.63) is 65.7 Å². The molecule has 1 aliphatic heterocycles. The maximum absolute atomic E-state index is 13.0. The number of hydrogen-bond donors (Lipinski definition) is 0. The van der Waals surface area contributed by atoms with Gasteiger partial charge in [-0.2, -0.15) is 5.10 Å². The monoisotopic (exact) mass is 297 g/mol. The molecule has 2 heterocycles. The summed E-state index contributed by atoms with van der Waals surface area (Å²) in [5.41, 5.74) is 2.37. The summed E-state index contributed by atoms with van der Waals surface area (Å²) in [5, 5.41) is 6.00. The van der Waals surface area contributed by atoms with Gasteiger partial charge in [-0.1, -0.05) is 18.2 Å². The van der Waals surface area contributed by atoms with Gasteiger partial charge in [0.05, 0.1) is 11.4 Å². The van der Waals surface area contributed by atoms with E-state index < -0.39 is 0 Å². The van der Waals surface area contributed by atoms with E-state index in [1.54, 1.807) is 18.3 Å². The zero-order valence-corrected chi connectivity index (χ0v) is 12.1. The first-order chi connectivity index (χ1) is 10.7. The fourth-order valence-electron chi connectivity index (χ4n) is 2.39. The van der Waals surface area contributed by atoms with Crippen molar-refractivity contribution in [2.45, 2.75) is 19.3 Å². The summed E-state index contributed by atoms with van der Waals surface area (Å²) in [5.74, 6) is -0.234. The van der Waals surface area contributed by atoms with E-state index in [1.165, 1.54) is 17.1 Å². The van der Waals surface area contributed by atoms with Gasteiger partial charge in [-0.25, -0.2) is 9.40 Å². The molecule has 2 aromatic rings. The van der Waals surface area contributed by atoms with E-state index >= 15 is 0 Å². The van der Waals surface area contributed by atoms with Crippen molar-refractivity contribution < 1.29 is 9.18 Å². The second-order valence-electron chi connectivity index (χ2n) is 5.19. The number of carbonyl (C=O) groups excluding carboxylic acids is 1. The first kappa shape index (κ1) is 14.4. The summed E-state index contributed by atoms with van der Waals surface area (Å²) in [6.07, 6.45) is 3.56. The van der Waals surface area contributed by atoms with Gasteiger partial charge in [0.1, 0.15) is 5.82 Å². The van der Waals surface area contributed by atoms with Crippen LogP contribution in [-0.4, -0.2) is 28.2 Å². The van der Waals surface area contributed by atoms with Crippen LogP contribution in [0.3, 0.4) is 0 Å². The van der Waals surface area contributed by atoms with Crippen LogP contribution in [0.4, 0.5) is 4.39 Å². The number of halogens is 1. The molecule has 0 aliphatic carbocycles. The Labute approximate surface area is 128 Å². The molecule has 0 saturated carbocycles. The van der Waals surface area contributed by atoms with Gasteiger partial charge in [0.15, 0.2) is 0 Å². The van der Waals surface area contributed by atoms with E-state index in [-0.39, 0.29) is 11.7 Å². The smallest absolute Gasteiger partial charge is 0.242 e. The summed E-state index contributed by atoms with van der Waals surface area (Å²) >= 11 is 0. The fraction of sp³-hybridized carbons (Fsp3) is 0.235. The minimum atomic E-state index is -0.269. The molecule has 0 radical (unpaired) electrons. The highest BCUT2D eigenvalue weighted by molar-refractivity contribution is 6.00. The molecule has 112 valence electrons. The second kappa shape index (κ2) is 6.47. The average molecular weight is 297 g/mol. The van der Waals surface area contributed by atoms with Crippen LogP contribution in [0.5, 0.6) is 0 Å². The van der Waals surface area contributed by atoms with E-state index in [4.69, 9.17) is 0 Å². The van der Waals surface area contributed by atoms with Crippen LogP contribution >= 0.6 is 0 Å². The zero-order valence-electron chi connectivity index (χ0n) is 12.1. The predicted molar refractivity (Wildman–Crippen MR) is 81.8 cm³/mol. The Kier molecular flexibility index (Phi) is 4.23. The molecule has 0 spiro atoms. The molecule has 1 amide bonds. The fourth-order valence-corrected chi connectivity index (χ4v) is 2.39. The normalized spacial score (nSPS) is 15.4. The Morgan fingerprint density at radius 2 is 2.05 bits per heavy atom. The van der Waals surface area contributed by atoms with Crippen molar-refractivity contribution in [1.82, 2.24) is 9.99 Å². The molecule has 3 rings (SSSR count). The number of rotatable bonds is 4. The number of nitrogens with zero attached hydrogens (tertiary/aromatic N) is 3. The molecular weight excluding hydrogens is 281 g/mol. The van der Waals surface area contributed by atoms with Gasteiger partial charge < -0.3 is 0 Å². The molecule has 5 heteroatoms. The molecule has 1 fully saturated rings. The van der Waals surface area contributed by atoms with Gasteiger partial charge in [-0.15, -0.1) is 0 Å². The van der Waals surface area contributed by atoms with Crippen LogP contribution in [-0.2, 0) is 11.2 Å². The Hall–Kier alpha value is -2.56. The summed E-state index contributed by atoms with van der Waals surface area (Å²) < 4.78 is 13.0. The van der Waals surface area contributed by atoms with Gasteiger partial charge in [0.25, 0.3) is 0 Å². The standard InChI is InChI=1S/C17H16FN3O/c18-14-8-6-13(7-9-14)12-16(15-4-1-2-10-19-15)20-21-11-3-5-17(21)22/h1-2,4,6-10H,3,5,11-12H2. The van der Waals surface area contributed by atoms with E-state index in [1.807, 2.05) is 18.2 Å². The van der Waals surface area contributed by atoms with Gasteiger partial charge in [-0.05, 0) is 36.2 Å². The molecule has 4 nitrogen and oxygen atoms in total. The Bertz CT molecular complexity index is 683. The SMILES string of the molecule is O=C1CCCN1N=C(Cc1ccc(F)cc1)c1ccccn1. The third-order valence-electron chi connectivity index (χ3n) is 3.54. The minimum absolute atomic E-state index is 0.0348. The maximum Gasteiger partial charge on any atom is 0.242 e. The molecule has 1 aromatic carbocycles. The Morgan fingerprint density at radius 1 is 1.23 bits per heavy atom. The first-order valence-electron chi connectivity index (χ1n) is 7.26. The quantitative estimate of drug-likeness (QED) is 0.815. The Morgan fingerprint density at radius 3 is 2.68 bits per heavy atom. The van der Waals surface area contributed by atoms with Crippen molar-refractivity contribution in [2.75, 3.05) is 6.54 Å². The first-order valence-corrected chi connectivity index (χ1v) is 7.26. The van der Waals surface area contributed by atoms with Crippen LogP contribution in [0.25, 0.3) is 0 Å². The highest BCUT2D eigenvalue weighted by Crippen LogP contribution is 2.14. The molecule has 0 unspecified atom stereocenters. The van der Waals surface area contributed by atoms with E-state index in [9.17, 15) is 9.18 Å². The topological polar surface area (TPSA) is 45.6 Å². The third-order valence-corrected chi connectivity index (χ3v) is 3.54. The van der Waals surface area contributed by atoms with Crippen LogP contribution in [0, 0.1) is 5.82 Å². The summed E-state index contributed by atoms with van der Waals surface area (Å²) in [7, 11) is 0. The van der Waals surface area contributed by atoms with Gasteiger partial charge in [0, 0.05) is 25.6 Å². The lowest BCUT2D eigenvalue weighted by Gasteiger charge is -2.13. The van der Waals surface area contributed by atoms with Crippen molar-refractivity contribution in [1.29, 1.82) is 0 Å². The number of aromatic nitrogens is 1. The second-order valence-corrected chi connectivity index (χ2v) is 5.19. The lowest BCUT2D eigenvalue weighted by molar-refractivity contribution is -0.127. The number of pyridine rings is 1. The molecule has 1 aromatic heterocycles. The van der Waals surface area contributed by atoms with Crippen molar-refractivity contribution in [3.8, 4) is 0 Å². The molecular formula is C17H16FN3O. The lowest BCUT2D eigenvalue weighted by Crippen LogP contribution is -2.22. The number of hydrogen-bond acceptors (Lipinski definition) is 3. The van der Waals surface area contributed by atoms with Crippen molar-refractivity contribution >= 4 is 11.6 Å². The summed E-state index contributed by atoms with van der Waals surface area (Å²) in [6, 6.07) is 11.9. The molecule has 0 bridgehead atoms. The molecule has 22 heavy (non-hydrogen) atoms. The number of carbonyl (C=O) groups is 1. The van der Waals surface area contributed by atoms with Gasteiger partial charge >= 0.3 is 0 Å². The predicted octanol–water partition coefficient (Wildman–Crippen LogP) is 2.79. The molecule has 1 aliphatic rings. The maximum atomic E-state index is 13.0. The number of amides is 1. The van der Waals surface area contributed by atoms with E-state index in [2.05, 4.69) is 10.1 Å². The highest BCUT2D eigenvalue weighted by atomic mass is 19.1. The largest absolute Gasteiger partial charge is 0.273 e. The van der Waals surface area contributed by atoms with Crippen LogP contribution in [0.2, 0.25) is 0 Å². The van der Waals surface area contributed by atoms with E-state index in [0.717, 1.165) is 17.7 Å². The van der Waals surface area contributed by atoms with Gasteiger partial charge in [-0.3, -0.25) is 9.78 Å². The van der Waals surface area contributed by atoms with E-state index in [0.29, 0.717) is 25.1 Å². The van der Waals surface area contributed by atoms with Gasteiger partial charge in [0.2, 0.25) is 5.91 Å². The highest BCUT2D eigenvalue weighted by Gasteiger charge is 2.21. The molecule has 1 saturated heterocycles. The third kappa shape index (κ3) is 3.36. The van der Waals surface area contributed by atoms with Crippen LogP contribution in [0.1, 0.15) is 24.1 Å². The number of benzene rings is 1. The Balaban J connectivity index is 1.90. The van der Waals surface area contributed by atoms with Crippen LogP contribution in [0.15, 0.2) is 53.8 Å². The van der Waals surface area contributed by atoms with Crippen molar-refractivity contribution in [2.24, 2.45) is 5.10 Å². The summed E-state index contributed by atoms with van der Waals surface area (Å²) in [6.45, 7) is 0.637. The van der Waals surface area contributed by atoms with Crippen LogP contribution < -0.4 is 0 Å². The number of hydrazone groups is 1. The zero-order chi connectivity index (χ0) is 15.4. The summed E-state index contributed by atoms with van der Waals surface area (Å²) in [4.78, 5) is 16.1. The average Bonchev–Trinajstić information content (AvgIpc) is 2.95.